The first kappa shape index (κ1) is 21.0. The number of hydrogen-bond acceptors (Lipinski definition) is 2. The molecule has 0 saturated carbocycles. The average Bonchev–Trinajstić information content (AvgIpc) is 2.68. The monoisotopic (exact) mass is 380 g/mol. The fourth-order valence-electron chi connectivity index (χ4n) is 2.59. The lowest BCUT2D eigenvalue weighted by Gasteiger charge is -2.12. The summed E-state index contributed by atoms with van der Waals surface area (Å²) >= 11 is 0. The van der Waals surface area contributed by atoms with Gasteiger partial charge in [-0.3, -0.25) is 0 Å². The van der Waals surface area contributed by atoms with Gasteiger partial charge in [0.15, 0.2) is 0 Å². The van der Waals surface area contributed by atoms with Crippen molar-refractivity contribution >= 4 is 29.1 Å². The van der Waals surface area contributed by atoms with Gasteiger partial charge in [0.25, 0.3) is 0 Å². The van der Waals surface area contributed by atoms with E-state index in [1.54, 1.807) is 18.2 Å². The molecule has 6 nitrogen and oxygen atoms in total. The van der Waals surface area contributed by atoms with Crippen LogP contribution in [0, 0.1) is 6.92 Å². The Labute approximate surface area is 166 Å². The molecule has 6 heteroatoms. The van der Waals surface area contributed by atoms with Crippen molar-refractivity contribution in [2.45, 2.75) is 33.1 Å². The van der Waals surface area contributed by atoms with Crippen LogP contribution in [0.2, 0.25) is 0 Å². The van der Waals surface area contributed by atoms with E-state index >= 15 is 0 Å². The van der Waals surface area contributed by atoms with Gasteiger partial charge < -0.3 is 21.3 Å². The molecular formula is C22H28N4O2. The van der Waals surface area contributed by atoms with Crippen molar-refractivity contribution in [1.82, 2.24) is 5.32 Å². The van der Waals surface area contributed by atoms with Crippen LogP contribution in [0.25, 0.3) is 0 Å². The van der Waals surface area contributed by atoms with Crippen LogP contribution in [0.4, 0.5) is 26.7 Å². The highest BCUT2D eigenvalue weighted by atomic mass is 16.2. The second-order valence-electron chi connectivity index (χ2n) is 6.53. The molecule has 0 saturated heterocycles. The van der Waals surface area contributed by atoms with Crippen LogP contribution in [0.1, 0.15) is 30.9 Å². The standard InChI is InChI=1S/C22H28N4O2/c1-4-6-7-17-9-12-18(13-10-17)24-22(28)25-19-11-8-16(3)20(15-19)26-21(27)23-14-5-2/h5,8-13,15H,2,4,6-7,14H2,1,3H3,(H2,23,26,27)(H2,24,25,28). The Morgan fingerprint density at radius 2 is 1.64 bits per heavy atom. The molecular weight excluding hydrogens is 352 g/mol. The van der Waals surface area contributed by atoms with Gasteiger partial charge in [0, 0.05) is 23.6 Å². The number of unbranched alkanes of at least 4 members (excludes halogenated alkanes) is 1. The summed E-state index contributed by atoms with van der Waals surface area (Å²) in [5.41, 5.74) is 4.09. The number of urea groups is 2. The number of carbonyl (C=O) groups is 2. The van der Waals surface area contributed by atoms with E-state index in [0.29, 0.717) is 17.9 Å². The van der Waals surface area contributed by atoms with Crippen molar-refractivity contribution in [3.05, 3.63) is 66.2 Å². The third-order valence-electron chi connectivity index (χ3n) is 4.18. The lowest BCUT2D eigenvalue weighted by molar-refractivity contribution is 0.253. The molecule has 28 heavy (non-hydrogen) atoms. The van der Waals surface area contributed by atoms with Crippen LogP contribution in [0.15, 0.2) is 55.1 Å². The molecule has 0 atom stereocenters. The minimum atomic E-state index is -0.341. The molecule has 0 aromatic heterocycles. The van der Waals surface area contributed by atoms with Crippen LogP contribution in [0.5, 0.6) is 0 Å². The molecule has 2 aromatic carbocycles. The number of amides is 4. The third kappa shape index (κ3) is 6.79. The van der Waals surface area contributed by atoms with Crippen LogP contribution in [-0.4, -0.2) is 18.6 Å². The molecule has 4 N–H and O–H groups in total. The molecule has 148 valence electrons. The maximum atomic E-state index is 12.3. The first-order valence-electron chi connectivity index (χ1n) is 9.45. The number of nitrogens with one attached hydrogen (secondary N) is 4. The number of carbonyl (C=O) groups excluding carboxylic acids is 2. The minimum absolute atomic E-state index is 0.326. The van der Waals surface area contributed by atoms with Gasteiger partial charge in [-0.25, -0.2) is 9.59 Å². The summed E-state index contributed by atoms with van der Waals surface area (Å²) in [6.45, 7) is 7.99. The molecule has 4 amide bonds. The largest absolute Gasteiger partial charge is 0.334 e. The van der Waals surface area contributed by atoms with Crippen LogP contribution in [0.3, 0.4) is 0 Å². The van der Waals surface area contributed by atoms with Gasteiger partial charge in [-0.15, -0.1) is 6.58 Å². The highest BCUT2D eigenvalue weighted by molar-refractivity contribution is 6.00. The Balaban J connectivity index is 1.95. The van der Waals surface area contributed by atoms with Gasteiger partial charge in [-0.2, -0.15) is 0 Å². The molecule has 0 radical (unpaired) electrons. The molecule has 0 aliphatic heterocycles. The number of hydrogen-bond donors (Lipinski definition) is 4. The lowest BCUT2D eigenvalue weighted by atomic mass is 10.1. The Morgan fingerprint density at radius 3 is 2.32 bits per heavy atom. The number of anilines is 3. The fourth-order valence-corrected chi connectivity index (χ4v) is 2.59. The average molecular weight is 380 g/mol. The SMILES string of the molecule is C=CCNC(=O)Nc1cc(NC(=O)Nc2ccc(CCCC)cc2)ccc1C. The Kier molecular flexibility index (Phi) is 8.09. The van der Waals surface area contributed by atoms with Crippen molar-refractivity contribution in [3.8, 4) is 0 Å². The van der Waals surface area contributed by atoms with Crippen LogP contribution >= 0.6 is 0 Å². The summed E-state index contributed by atoms with van der Waals surface area (Å²) in [6.07, 6.45) is 4.96. The van der Waals surface area contributed by atoms with E-state index in [0.717, 1.165) is 30.5 Å². The molecule has 0 fully saturated rings. The first-order chi connectivity index (χ1) is 13.5. The minimum Gasteiger partial charge on any atom is -0.334 e. The summed E-state index contributed by atoms with van der Waals surface area (Å²) in [6, 6.07) is 12.5. The van der Waals surface area contributed by atoms with E-state index < -0.39 is 0 Å². The van der Waals surface area contributed by atoms with Crippen molar-refractivity contribution in [2.75, 3.05) is 22.5 Å². The Hall–Kier alpha value is -3.28. The zero-order chi connectivity index (χ0) is 20.4. The molecule has 2 rings (SSSR count). The summed E-state index contributed by atoms with van der Waals surface area (Å²) in [5.74, 6) is 0. The van der Waals surface area contributed by atoms with Gasteiger partial charge in [0.1, 0.15) is 0 Å². The highest BCUT2D eigenvalue weighted by Gasteiger charge is 2.07. The van der Waals surface area contributed by atoms with Crippen molar-refractivity contribution in [2.24, 2.45) is 0 Å². The van der Waals surface area contributed by atoms with E-state index in [2.05, 4.69) is 34.8 Å². The maximum absolute atomic E-state index is 12.3. The highest BCUT2D eigenvalue weighted by Crippen LogP contribution is 2.20. The van der Waals surface area contributed by atoms with E-state index in [-0.39, 0.29) is 12.1 Å². The molecule has 0 aliphatic rings. The summed E-state index contributed by atoms with van der Waals surface area (Å²) < 4.78 is 0. The van der Waals surface area contributed by atoms with E-state index in [1.165, 1.54) is 5.56 Å². The molecule has 0 heterocycles. The Morgan fingerprint density at radius 1 is 0.964 bits per heavy atom. The maximum Gasteiger partial charge on any atom is 0.323 e. The first-order valence-corrected chi connectivity index (χ1v) is 9.45. The van der Waals surface area contributed by atoms with E-state index in [1.807, 2.05) is 37.3 Å². The summed E-state index contributed by atoms with van der Waals surface area (Å²) in [4.78, 5) is 24.1. The fraction of sp³-hybridized carbons (Fsp3) is 0.273. The molecule has 0 unspecified atom stereocenters. The summed E-state index contributed by atoms with van der Waals surface area (Å²) in [5, 5.41) is 11.0. The molecule has 0 spiro atoms. The Bertz CT molecular complexity index is 816. The third-order valence-corrected chi connectivity index (χ3v) is 4.18. The zero-order valence-electron chi connectivity index (χ0n) is 16.5. The predicted octanol–water partition coefficient (Wildman–Crippen LogP) is 5.29. The summed E-state index contributed by atoms with van der Waals surface area (Å²) in [7, 11) is 0. The number of aryl methyl sites for hydroxylation is 2. The number of rotatable bonds is 8. The van der Waals surface area contributed by atoms with Crippen molar-refractivity contribution in [1.29, 1.82) is 0 Å². The van der Waals surface area contributed by atoms with Gasteiger partial charge in [-0.05, 0) is 55.2 Å². The second kappa shape index (κ2) is 10.8. The van der Waals surface area contributed by atoms with Gasteiger partial charge in [0.2, 0.25) is 0 Å². The molecule has 0 bridgehead atoms. The normalized spacial score (nSPS) is 10.1. The smallest absolute Gasteiger partial charge is 0.323 e. The van der Waals surface area contributed by atoms with Crippen LogP contribution < -0.4 is 21.3 Å². The second-order valence-corrected chi connectivity index (χ2v) is 6.53. The molecule has 2 aromatic rings. The van der Waals surface area contributed by atoms with E-state index in [9.17, 15) is 9.59 Å². The van der Waals surface area contributed by atoms with Gasteiger partial charge >= 0.3 is 12.1 Å². The molecule has 0 aliphatic carbocycles. The van der Waals surface area contributed by atoms with Crippen molar-refractivity contribution < 1.29 is 9.59 Å². The van der Waals surface area contributed by atoms with Crippen molar-refractivity contribution in [3.63, 3.8) is 0 Å². The van der Waals surface area contributed by atoms with Crippen LogP contribution in [-0.2, 0) is 6.42 Å². The number of benzene rings is 2. The van der Waals surface area contributed by atoms with Gasteiger partial charge in [-0.1, -0.05) is 37.6 Å². The van der Waals surface area contributed by atoms with Gasteiger partial charge in [0.05, 0.1) is 0 Å². The predicted molar refractivity (Wildman–Crippen MR) is 116 cm³/mol. The zero-order valence-corrected chi connectivity index (χ0v) is 16.5. The lowest BCUT2D eigenvalue weighted by Crippen LogP contribution is -2.29. The quantitative estimate of drug-likeness (QED) is 0.469. The topological polar surface area (TPSA) is 82.3 Å². The van der Waals surface area contributed by atoms with E-state index in [4.69, 9.17) is 0 Å².